The molecule has 0 atom stereocenters. The monoisotopic (exact) mass is 261 g/mol. The van der Waals surface area contributed by atoms with E-state index in [1.54, 1.807) is 0 Å². The summed E-state index contributed by atoms with van der Waals surface area (Å²) in [7, 11) is 0. The quantitative estimate of drug-likeness (QED) is 0.461. The Morgan fingerprint density at radius 3 is 2.26 bits per heavy atom. The summed E-state index contributed by atoms with van der Waals surface area (Å²) < 4.78 is 0. The lowest BCUT2D eigenvalue weighted by molar-refractivity contribution is 0.0978. The summed E-state index contributed by atoms with van der Waals surface area (Å²) in [6, 6.07) is 3.84. The van der Waals surface area contributed by atoms with Crippen molar-refractivity contribution >= 4 is 5.78 Å². The Bertz CT molecular complexity index is 398. The van der Waals surface area contributed by atoms with E-state index >= 15 is 0 Å². The van der Waals surface area contributed by atoms with Crippen LogP contribution in [0.4, 0.5) is 0 Å². The molecule has 1 rings (SSSR count). The number of aryl methyl sites for hydroxylation is 2. The van der Waals surface area contributed by atoms with Gasteiger partial charge in [0, 0.05) is 23.4 Å². The molecule has 0 amide bonds. The zero-order chi connectivity index (χ0) is 14.1. The molecule has 0 saturated heterocycles. The molecule has 1 aromatic rings. The van der Waals surface area contributed by atoms with Gasteiger partial charge >= 0.3 is 0 Å². The molecular formula is C17H27NO. The maximum Gasteiger partial charge on any atom is 0.164 e. The van der Waals surface area contributed by atoms with Crippen LogP contribution in [0.2, 0.25) is 0 Å². The largest absolute Gasteiger partial charge is 0.294 e. The summed E-state index contributed by atoms with van der Waals surface area (Å²) in [5.41, 5.74) is 2.65. The van der Waals surface area contributed by atoms with E-state index in [1.165, 1.54) is 38.5 Å². The Kier molecular flexibility index (Phi) is 7.39. The van der Waals surface area contributed by atoms with E-state index in [4.69, 9.17) is 0 Å². The van der Waals surface area contributed by atoms with E-state index in [1.807, 2.05) is 26.0 Å². The van der Waals surface area contributed by atoms with Crippen LogP contribution < -0.4 is 0 Å². The van der Waals surface area contributed by atoms with E-state index in [0.717, 1.165) is 23.4 Å². The van der Waals surface area contributed by atoms with Crippen molar-refractivity contribution < 1.29 is 4.79 Å². The molecule has 0 unspecified atom stereocenters. The highest BCUT2D eigenvalue weighted by Gasteiger charge is 2.09. The lowest BCUT2D eigenvalue weighted by Gasteiger charge is -2.05. The number of Topliss-reactive ketones (excluding diaryl/α,β-unsaturated/α-hetero) is 1. The van der Waals surface area contributed by atoms with Crippen molar-refractivity contribution in [2.45, 2.75) is 72.1 Å². The Morgan fingerprint density at radius 1 is 1.00 bits per heavy atom. The van der Waals surface area contributed by atoms with Crippen LogP contribution in [0.5, 0.6) is 0 Å². The standard InChI is InChI=1S/C17H27NO/c1-4-5-6-7-8-9-10-11-17(19)16-13-12-14(2)18-15(16)3/h12-13H,4-11H2,1-3H3. The summed E-state index contributed by atoms with van der Waals surface area (Å²) in [5.74, 6) is 0.249. The van der Waals surface area contributed by atoms with Gasteiger partial charge in [-0.2, -0.15) is 0 Å². The number of hydrogen-bond acceptors (Lipinski definition) is 2. The zero-order valence-electron chi connectivity index (χ0n) is 12.7. The van der Waals surface area contributed by atoms with E-state index < -0.39 is 0 Å². The van der Waals surface area contributed by atoms with Gasteiger partial charge in [-0.3, -0.25) is 9.78 Å². The highest BCUT2D eigenvalue weighted by Crippen LogP contribution is 2.13. The SMILES string of the molecule is CCCCCCCCCC(=O)c1ccc(C)nc1C. The predicted octanol–water partition coefficient (Wildman–Crippen LogP) is 5.02. The minimum atomic E-state index is 0.249. The lowest BCUT2D eigenvalue weighted by atomic mass is 10.0. The van der Waals surface area contributed by atoms with Crippen molar-refractivity contribution in [1.82, 2.24) is 4.98 Å². The number of aromatic nitrogens is 1. The van der Waals surface area contributed by atoms with Crippen LogP contribution in [-0.4, -0.2) is 10.8 Å². The fourth-order valence-corrected chi connectivity index (χ4v) is 2.36. The van der Waals surface area contributed by atoms with Gasteiger partial charge in [-0.05, 0) is 32.4 Å². The zero-order valence-corrected chi connectivity index (χ0v) is 12.7. The average Bonchev–Trinajstić information content (AvgIpc) is 2.37. The van der Waals surface area contributed by atoms with Crippen LogP contribution >= 0.6 is 0 Å². The van der Waals surface area contributed by atoms with Gasteiger partial charge in [0.1, 0.15) is 0 Å². The number of ketones is 1. The predicted molar refractivity (Wildman–Crippen MR) is 80.7 cm³/mol. The van der Waals surface area contributed by atoms with Gasteiger partial charge in [-0.1, -0.05) is 45.4 Å². The van der Waals surface area contributed by atoms with E-state index in [9.17, 15) is 4.79 Å². The van der Waals surface area contributed by atoms with Gasteiger partial charge in [0.05, 0.1) is 0 Å². The van der Waals surface area contributed by atoms with E-state index in [2.05, 4.69) is 11.9 Å². The molecule has 0 radical (unpaired) electrons. The third kappa shape index (κ3) is 6.00. The second kappa shape index (κ2) is 8.84. The van der Waals surface area contributed by atoms with Gasteiger partial charge in [-0.25, -0.2) is 0 Å². The van der Waals surface area contributed by atoms with Crippen molar-refractivity contribution in [2.75, 3.05) is 0 Å². The summed E-state index contributed by atoms with van der Waals surface area (Å²) in [6.45, 7) is 6.11. The van der Waals surface area contributed by atoms with Gasteiger partial charge in [0.2, 0.25) is 0 Å². The molecule has 0 N–H and O–H groups in total. The molecule has 1 heterocycles. The second-order valence-electron chi connectivity index (χ2n) is 5.38. The summed E-state index contributed by atoms with van der Waals surface area (Å²) in [5, 5.41) is 0. The summed E-state index contributed by atoms with van der Waals surface area (Å²) >= 11 is 0. The fraction of sp³-hybridized carbons (Fsp3) is 0.647. The number of hydrogen-bond donors (Lipinski definition) is 0. The molecular weight excluding hydrogens is 234 g/mol. The van der Waals surface area contributed by atoms with Crippen molar-refractivity contribution in [2.24, 2.45) is 0 Å². The smallest absolute Gasteiger partial charge is 0.164 e. The number of carbonyl (C=O) groups is 1. The number of carbonyl (C=O) groups excluding carboxylic acids is 1. The maximum atomic E-state index is 12.1. The minimum Gasteiger partial charge on any atom is -0.294 e. The molecule has 106 valence electrons. The Morgan fingerprint density at radius 2 is 1.63 bits per heavy atom. The maximum absolute atomic E-state index is 12.1. The van der Waals surface area contributed by atoms with Gasteiger partial charge in [0.25, 0.3) is 0 Å². The van der Waals surface area contributed by atoms with Gasteiger partial charge in [-0.15, -0.1) is 0 Å². The van der Waals surface area contributed by atoms with Crippen LogP contribution in [-0.2, 0) is 0 Å². The molecule has 19 heavy (non-hydrogen) atoms. The third-order valence-corrected chi connectivity index (χ3v) is 3.53. The van der Waals surface area contributed by atoms with E-state index in [0.29, 0.717) is 6.42 Å². The van der Waals surface area contributed by atoms with Gasteiger partial charge < -0.3 is 0 Å². The molecule has 0 aliphatic carbocycles. The number of rotatable bonds is 9. The lowest BCUT2D eigenvalue weighted by Crippen LogP contribution is -2.04. The van der Waals surface area contributed by atoms with Crippen LogP contribution in [0.25, 0.3) is 0 Å². The number of unbranched alkanes of at least 4 members (excludes halogenated alkanes) is 6. The minimum absolute atomic E-state index is 0.249. The molecule has 0 aliphatic rings. The molecule has 2 nitrogen and oxygen atoms in total. The number of pyridine rings is 1. The topological polar surface area (TPSA) is 30.0 Å². The molecule has 0 fully saturated rings. The first-order valence-corrected chi connectivity index (χ1v) is 7.62. The van der Waals surface area contributed by atoms with Crippen LogP contribution in [0.1, 0.15) is 80.0 Å². The summed E-state index contributed by atoms with van der Waals surface area (Å²) in [4.78, 5) is 16.4. The van der Waals surface area contributed by atoms with Crippen molar-refractivity contribution in [3.63, 3.8) is 0 Å². The molecule has 0 aliphatic heterocycles. The Balaban J connectivity index is 2.24. The van der Waals surface area contributed by atoms with Crippen LogP contribution in [0.3, 0.4) is 0 Å². The normalized spacial score (nSPS) is 10.7. The molecule has 0 saturated carbocycles. The average molecular weight is 261 g/mol. The highest BCUT2D eigenvalue weighted by atomic mass is 16.1. The van der Waals surface area contributed by atoms with Crippen LogP contribution in [0.15, 0.2) is 12.1 Å². The van der Waals surface area contributed by atoms with E-state index in [-0.39, 0.29) is 5.78 Å². The first-order valence-electron chi connectivity index (χ1n) is 7.62. The third-order valence-electron chi connectivity index (χ3n) is 3.53. The van der Waals surface area contributed by atoms with Crippen LogP contribution in [0, 0.1) is 13.8 Å². The molecule has 1 aromatic heterocycles. The van der Waals surface area contributed by atoms with Crippen molar-refractivity contribution in [1.29, 1.82) is 0 Å². The highest BCUT2D eigenvalue weighted by molar-refractivity contribution is 5.96. The van der Waals surface area contributed by atoms with Crippen molar-refractivity contribution in [3.05, 3.63) is 29.1 Å². The van der Waals surface area contributed by atoms with Gasteiger partial charge in [0.15, 0.2) is 5.78 Å². The second-order valence-corrected chi connectivity index (χ2v) is 5.38. The molecule has 0 aromatic carbocycles. The Labute approximate surface area is 117 Å². The first kappa shape index (κ1) is 15.9. The first-order chi connectivity index (χ1) is 9.15. The number of nitrogens with zero attached hydrogens (tertiary/aromatic N) is 1. The van der Waals surface area contributed by atoms with Crippen molar-refractivity contribution in [3.8, 4) is 0 Å². The fourth-order valence-electron chi connectivity index (χ4n) is 2.36. The summed E-state index contributed by atoms with van der Waals surface area (Å²) in [6.07, 6.45) is 9.40. The molecule has 0 bridgehead atoms. The molecule has 2 heteroatoms. The molecule has 0 spiro atoms. The Hall–Kier alpha value is -1.18.